The van der Waals surface area contributed by atoms with Crippen molar-refractivity contribution in [2.45, 2.75) is 59.9 Å². The van der Waals surface area contributed by atoms with Gasteiger partial charge in [-0.25, -0.2) is 0 Å². The predicted octanol–water partition coefficient (Wildman–Crippen LogP) is 2.57. The van der Waals surface area contributed by atoms with E-state index in [9.17, 15) is 5.11 Å². The van der Waals surface area contributed by atoms with Gasteiger partial charge in [-0.1, -0.05) is 20.8 Å². The third-order valence-corrected chi connectivity index (χ3v) is 2.17. The first kappa shape index (κ1) is 14.9. The molecule has 3 nitrogen and oxygen atoms in total. The number of rotatable bonds is 7. The summed E-state index contributed by atoms with van der Waals surface area (Å²) in [6, 6.07) is 0. The maximum absolute atomic E-state index is 9.88. The van der Waals surface area contributed by atoms with Gasteiger partial charge in [-0.05, 0) is 32.1 Å². The minimum absolute atomic E-state index is 0.240. The molecule has 0 heterocycles. The number of hydrogen-bond acceptors (Lipinski definition) is 3. The van der Waals surface area contributed by atoms with Gasteiger partial charge in [0.25, 0.3) is 0 Å². The van der Waals surface area contributed by atoms with Crippen molar-refractivity contribution in [3.63, 3.8) is 0 Å². The van der Waals surface area contributed by atoms with E-state index in [-0.39, 0.29) is 5.41 Å². The summed E-state index contributed by atoms with van der Waals surface area (Å²) < 4.78 is 10.7. The van der Waals surface area contributed by atoms with Gasteiger partial charge in [0.1, 0.15) is 6.10 Å². The fourth-order valence-corrected chi connectivity index (χ4v) is 1.32. The summed E-state index contributed by atoms with van der Waals surface area (Å²) in [5, 5.41) is 9.88. The highest BCUT2D eigenvalue weighted by Crippen LogP contribution is 2.23. The van der Waals surface area contributed by atoms with Crippen LogP contribution >= 0.6 is 0 Å². The van der Waals surface area contributed by atoms with Crippen LogP contribution in [0.25, 0.3) is 0 Å². The Morgan fingerprint density at radius 1 is 1.07 bits per heavy atom. The molecule has 92 valence electrons. The van der Waals surface area contributed by atoms with Gasteiger partial charge in [0, 0.05) is 13.2 Å². The molecule has 3 heteroatoms. The van der Waals surface area contributed by atoms with Crippen molar-refractivity contribution >= 4 is 0 Å². The van der Waals surface area contributed by atoms with E-state index in [1.165, 1.54) is 0 Å². The highest BCUT2D eigenvalue weighted by atomic mass is 16.7. The van der Waals surface area contributed by atoms with Crippen LogP contribution in [0.2, 0.25) is 0 Å². The van der Waals surface area contributed by atoms with E-state index in [0.717, 1.165) is 6.42 Å². The van der Waals surface area contributed by atoms with Crippen molar-refractivity contribution in [2.24, 2.45) is 5.41 Å². The number of ether oxygens (including phenoxy) is 2. The molecule has 0 aliphatic heterocycles. The normalized spacial score (nSPS) is 14.6. The fraction of sp³-hybridized carbons (Fsp3) is 1.00. The predicted molar refractivity (Wildman–Crippen MR) is 61.7 cm³/mol. The third-order valence-electron chi connectivity index (χ3n) is 2.17. The lowest BCUT2D eigenvalue weighted by Crippen LogP contribution is -2.32. The van der Waals surface area contributed by atoms with E-state index < -0.39 is 12.4 Å². The zero-order valence-electron chi connectivity index (χ0n) is 10.7. The van der Waals surface area contributed by atoms with Crippen LogP contribution in [-0.2, 0) is 9.47 Å². The molecular formula is C12H26O3. The molecule has 0 aliphatic carbocycles. The zero-order chi connectivity index (χ0) is 11.9. The smallest absolute Gasteiger partial charge is 0.183 e. The third kappa shape index (κ3) is 7.77. The monoisotopic (exact) mass is 218 g/mol. The Bertz CT molecular complexity index is 145. The Kier molecular flexibility index (Phi) is 7.14. The van der Waals surface area contributed by atoms with Gasteiger partial charge < -0.3 is 14.6 Å². The topological polar surface area (TPSA) is 38.7 Å². The lowest BCUT2D eigenvalue weighted by atomic mass is 9.89. The molecule has 0 saturated heterocycles. The largest absolute Gasteiger partial charge is 0.388 e. The van der Waals surface area contributed by atoms with E-state index in [0.29, 0.717) is 19.6 Å². The Morgan fingerprint density at radius 2 is 1.53 bits per heavy atom. The van der Waals surface area contributed by atoms with Crippen LogP contribution in [0.3, 0.4) is 0 Å². The summed E-state index contributed by atoms with van der Waals surface area (Å²) in [6.07, 6.45) is 0.686. The number of aliphatic hydroxyl groups excluding tert-OH is 1. The molecule has 0 aromatic carbocycles. The lowest BCUT2D eigenvalue weighted by molar-refractivity contribution is -0.191. The van der Waals surface area contributed by atoms with Gasteiger partial charge in [0.05, 0.1) is 0 Å². The highest BCUT2D eigenvalue weighted by Gasteiger charge is 2.22. The standard InChI is InChI=1S/C12H26O3/c1-6-14-11(15-7-2)10(13)8-9-12(3,4)5/h10-11,13H,6-9H2,1-5H3. The van der Waals surface area contributed by atoms with Crippen LogP contribution < -0.4 is 0 Å². The zero-order valence-corrected chi connectivity index (χ0v) is 10.7. The average Bonchev–Trinajstić information content (AvgIpc) is 2.13. The first-order chi connectivity index (χ1) is 6.90. The van der Waals surface area contributed by atoms with Crippen LogP contribution in [0.15, 0.2) is 0 Å². The van der Waals surface area contributed by atoms with Crippen molar-refractivity contribution in [3.05, 3.63) is 0 Å². The van der Waals surface area contributed by atoms with Crippen LogP contribution in [-0.4, -0.2) is 30.7 Å². The summed E-state index contributed by atoms with van der Waals surface area (Å²) in [6.45, 7) is 11.4. The van der Waals surface area contributed by atoms with Gasteiger partial charge in [0.15, 0.2) is 6.29 Å². The van der Waals surface area contributed by atoms with Crippen molar-refractivity contribution in [3.8, 4) is 0 Å². The Hall–Kier alpha value is -0.120. The highest BCUT2D eigenvalue weighted by molar-refractivity contribution is 4.67. The summed E-state index contributed by atoms with van der Waals surface area (Å²) in [5.74, 6) is 0. The molecule has 0 fully saturated rings. The lowest BCUT2D eigenvalue weighted by Gasteiger charge is -2.25. The first-order valence-electron chi connectivity index (χ1n) is 5.82. The molecule has 0 spiro atoms. The summed E-state index contributed by atoms with van der Waals surface area (Å²) in [5.41, 5.74) is 0.240. The Morgan fingerprint density at radius 3 is 1.87 bits per heavy atom. The summed E-state index contributed by atoms with van der Waals surface area (Å²) >= 11 is 0. The van der Waals surface area contributed by atoms with Gasteiger partial charge in [0.2, 0.25) is 0 Å². The summed E-state index contributed by atoms with van der Waals surface area (Å²) in [7, 11) is 0. The van der Waals surface area contributed by atoms with Crippen LogP contribution in [0.4, 0.5) is 0 Å². The van der Waals surface area contributed by atoms with Crippen LogP contribution in [0, 0.1) is 5.41 Å². The molecule has 1 N–H and O–H groups in total. The maximum Gasteiger partial charge on any atom is 0.183 e. The number of hydrogen-bond donors (Lipinski definition) is 1. The quantitative estimate of drug-likeness (QED) is 0.667. The van der Waals surface area contributed by atoms with Gasteiger partial charge in [-0.3, -0.25) is 0 Å². The minimum Gasteiger partial charge on any atom is -0.388 e. The molecule has 0 saturated carbocycles. The van der Waals surface area contributed by atoms with E-state index in [1.807, 2.05) is 13.8 Å². The van der Waals surface area contributed by atoms with Crippen LogP contribution in [0.5, 0.6) is 0 Å². The SMILES string of the molecule is CCOC(OCC)C(O)CCC(C)(C)C. The van der Waals surface area contributed by atoms with Crippen molar-refractivity contribution < 1.29 is 14.6 Å². The van der Waals surface area contributed by atoms with Gasteiger partial charge >= 0.3 is 0 Å². The molecule has 15 heavy (non-hydrogen) atoms. The molecule has 0 rings (SSSR count). The van der Waals surface area contributed by atoms with Crippen molar-refractivity contribution in [2.75, 3.05) is 13.2 Å². The molecule has 0 aliphatic rings. The molecule has 0 amide bonds. The Balaban J connectivity index is 3.96. The molecular weight excluding hydrogens is 192 g/mol. The van der Waals surface area contributed by atoms with Crippen molar-refractivity contribution in [1.29, 1.82) is 0 Å². The number of aliphatic hydroxyl groups is 1. The molecule has 0 aromatic heterocycles. The fourth-order valence-electron chi connectivity index (χ4n) is 1.32. The van der Waals surface area contributed by atoms with Crippen LogP contribution in [0.1, 0.15) is 47.5 Å². The molecule has 0 bridgehead atoms. The van der Waals surface area contributed by atoms with Gasteiger partial charge in [-0.15, -0.1) is 0 Å². The van der Waals surface area contributed by atoms with E-state index in [4.69, 9.17) is 9.47 Å². The minimum atomic E-state index is -0.524. The van der Waals surface area contributed by atoms with Gasteiger partial charge in [-0.2, -0.15) is 0 Å². The van der Waals surface area contributed by atoms with E-state index >= 15 is 0 Å². The summed E-state index contributed by atoms with van der Waals surface area (Å²) in [4.78, 5) is 0. The molecule has 0 radical (unpaired) electrons. The average molecular weight is 218 g/mol. The second-order valence-electron chi connectivity index (χ2n) is 4.95. The molecule has 0 aromatic rings. The molecule has 1 atom stereocenters. The second kappa shape index (κ2) is 7.20. The first-order valence-corrected chi connectivity index (χ1v) is 5.82. The van der Waals surface area contributed by atoms with Crippen molar-refractivity contribution in [1.82, 2.24) is 0 Å². The Labute approximate surface area is 93.8 Å². The second-order valence-corrected chi connectivity index (χ2v) is 4.95. The molecule has 1 unspecified atom stereocenters. The van der Waals surface area contributed by atoms with E-state index in [2.05, 4.69) is 20.8 Å². The van der Waals surface area contributed by atoms with E-state index in [1.54, 1.807) is 0 Å². The maximum atomic E-state index is 9.88.